The molecule has 172 valence electrons. The van der Waals surface area contributed by atoms with Crippen molar-refractivity contribution in [3.63, 3.8) is 0 Å². The molecule has 6 heteroatoms. The van der Waals surface area contributed by atoms with Gasteiger partial charge in [-0.1, -0.05) is 71.4 Å². The lowest BCUT2D eigenvalue weighted by molar-refractivity contribution is -0.162. The highest BCUT2D eigenvalue weighted by molar-refractivity contribution is 5.82. The van der Waals surface area contributed by atoms with Crippen molar-refractivity contribution in [3.05, 3.63) is 25.3 Å². The number of aliphatic carboxylic acids is 1. The summed E-state index contributed by atoms with van der Waals surface area (Å²) in [6.45, 7) is 9.08. The van der Waals surface area contributed by atoms with E-state index in [2.05, 4.69) is 20.1 Å². The van der Waals surface area contributed by atoms with E-state index in [0.29, 0.717) is 19.3 Å². The van der Waals surface area contributed by atoms with Crippen LogP contribution in [-0.4, -0.2) is 35.2 Å². The van der Waals surface area contributed by atoms with Crippen molar-refractivity contribution in [2.75, 3.05) is 0 Å². The standard InChI is InChI=1S/C24H40O6/c1-4-7-8-9-11-14-17-20(29-23(27)5-2)21(30-24(28)6-3)18-15-12-10-13-16-19-22(25)26/h5-6,20-21H,2-4,7-19H2,1H3,(H,25,26). The van der Waals surface area contributed by atoms with Gasteiger partial charge in [0.1, 0.15) is 12.2 Å². The SMILES string of the molecule is C=CC(=O)OC(CCCCCCCC)C(CCCCCCCC(=O)O)OC(=O)C=C. The summed E-state index contributed by atoms with van der Waals surface area (Å²) < 4.78 is 11.0. The first kappa shape index (κ1) is 27.9. The molecule has 0 aliphatic carbocycles. The minimum absolute atomic E-state index is 0.192. The van der Waals surface area contributed by atoms with E-state index in [0.717, 1.165) is 57.1 Å². The summed E-state index contributed by atoms with van der Waals surface area (Å²) in [4.78, 5) is 34.2. The largest absolute Gasteiger partial charge is 0.481 e. The monoisotopic (exact) mass is 424 g/mol. The van der Waals surface area contributed by atoms with Crippen LogP contribution < -0.4 is 0 Å². The number of carbonyl (C=O) groups is 3. The van der Waals surface area contributed by atoms with Gasteiger partial charge < -0.3 is 14.6 Å². The molecule has 0 aromatic rings. The number of esters is 2. The van der Waals surface area contributed by atoms with E-state index < -0.39 is 30.1 Å². The summed E-state index contributed by atoms with van der Waals surface area (Å²) in [5.74, 6) is -1.81. The fourth-order valence-corrected chi connectivity index (χ4v) is 3.31. The number of hydrogen-bond donors (Lipinski definition) is 1. The third kappa shape index (κ3) is 15.8. The lowest BCUT2D eigenvalue weighted by atomic mass is 9.99. The molecule has 2 unspecified atom stereocenters. The van der Waals surface area contributed by atoms with Gasteiger partial charge in [0.05, 0.1) is 0 Å². The molecule has 0 aliphatic rings. The van der Waals surface area contributed by atoms with Crippen molar-refractivity contribution in [3.8, 4) is 0 Å². The van der Waals surface area contributed by atoms with Crippen molar-refractivity contribution in [2.45, 2.75) is 109 Å². The Kier molecular flexibility index (Phi) is 17.6. The number of hydrogen-bond acceptors (Lipinski definition) is 5. The van der Waals surface area contributed by atoms with Crippen LogP contribution in [0, 0.1) is 0 Å². The van der Waals surface area contributed by atoms with E-state index in [4.69, 9.17) is 14.6 Å². The summed E-state index contributed by atoms with van der Waals surface area (Å²) in [5, 5.41) is 8.68. The summed E-state index contributed by atoms with van der Waals surface area (Å²) in [7, 11) is 0. The van der Waals surface area contributed by atoms with Crippen molar-refractivity contribution in [1.82, 2.24) is 0 Å². The highest BCUT2D eigenvalue weighted by atomic mass is 16.6. The van der Waals surface area contributed by atoms with Crippen LogP contribution in [0.5, 0.6) is 0 Å². The van der Waals surface area contributed by atoms with Crippen LogP contribution in [0.4, 0.5) is 0 Å². The zero-order chi connectivity index (χ0) is 22.6. The second kappa shape index (κ2) is 18.9. The molecule has 1 N–H and O–H groups in total. The number of carboxylic acids is 1. The van der Waals surface area contributed by atoms with Crippen LogP contribution in [0.25, 0.3) is 0 Å². The maximum absolute atomic E-state index is 11.8. The number of unbranched alkanes of at least 4 members (excludes halogenated alkanes) is 9. The van der Waals surface area contributed by atoms with E-state index in [1.807, 2.05) is 0 Å². The van der Waals surface area contributed by atoms with Crippen molar-refractivity contribution >= 4 is 17.9 Å². The number of ether oxygens (including phenoxy) is 2. The van der Waals surface area contributed by atoms with Crippen molar-refractivity contribution < 1.29 is 29.0 Å². The molecule has 0 heterocycles. The van der Waals surface area contributed by atoms with E-state index in [1.165, 1.54) is 19.3 Å². The third-order valence-corrected chi connectivity index (χ3v) is 5.00. The predicted octanol–water partition coefficient (Wildman–Crippen LogP) is 5.75. The minimum atomic E-state index is -0.770. The summed E-state index contributed by atoms with van der Waals surface area (Å²) >= 11 is 0. The first-order valence-electron chi connectivity index (χ1n) is 11.3. The van der Waals surface area contributed by atoms with Gasteiger partial charge in [0.15, 0.2) is 0 Å². The Morgan fingerprint density at radius 3 is 1.53 bits per heavy atom. The van der Waals surface area contributed by atoms with Crippen LogP contribution in [0.15, 0.2) is 25.3 Å². The average Bonchev–Trinajstić information content (AvgIpc) is 2.73. The second-order valence-electron chi connectivity index (χ2n) is 7.62. The van der Waals surface area contributed by atoms with E-state index in [1.54, 1.807) is 0 Å². The molecule has 30 heavy (non-hydrogen) atoms. The summed E-state index contributed by atoms with van der Waals surface area (Å²) in [5.41, 5.74) is 0. The molecule has 0 saturated heterocycles. The Hall–Kier alpha value is -2.11. The summed E-state index contributed by atoms with van der Waals surface area (Å²) in [6, 6.07) is 0. The van der Waals surface area contributed by atoms with Gasteiger partial charge in [-0.3, -0.25) is 4.79 Å². The fraction of sp³-hybridized carbons (Fsp3) is 0.708. The molecule has 0 fully saturated rings. The molecule has 0 spiro atoms. The minimum Gasteiger partial charge on any atom is -0.481 e. The molecule has 0 aromatic heterocycles. The highest BCUT2D eigenvalue weighted by Gasteiger charge is 2.27. The topological polar surface area (TPSA) is 89.9 Å². The Morgan fingerprint density at radius 1 is 0.733 bits per heavy atom. The maximum Gasteiger partial charge on any atom is 0.330 e. The predicted molar refractivity (Wildman–Crippen MR) is 118 cm³/mol. The Labute approximate surface area is 181 Å². The lowest BCUT2D eigenvalue weighted by Gasteiger charge is -2.26. The number of rotatable bonds is 20. The van der Waals surface area contributed by atoms with Crippen LogP contribution in [0.3, 0.4) is 0 Å². The zero-order valence-electron chi connectivity index (χ0n) is 18.6. The normalized spacial score (nSPS) is 12.6. The molecule has 0 radical (unpaired) electrons. The van der Waals surface area contributed by atoms with Gasteiger partial charge in [-0.2, -0.15) is 0 Å². The maximum atomic E-state index is 11.8. The first-order chi connectivity index (χ1) is 14.4. The van der Waals surface area contributed by atoms with E-state index >= 15 is 0 Å². The van der Waals surface area contributed by atoms with Gasteiger partial charge in [0, 0.05) is 18.6 Å². The van der Waals surface area contributed by atoms with Gasteiger partial charge in [-0.25, -0.2) is 9.59 Å². The molecule has 0 amide bonds. The number of carboxylic acid groups (broad SMARTS) is 1. The molecule has 0 rings (SSSR count). The van der Waals surface area contributed by atoms with Gasteiger partial charge >= 0.3 is 17.9 Å². The molecule has 0 aromatic carbocycles. The molecule has 0 aliphatic heterocycles. The molecule has 2 atom stereocenters. The fourth-order valence-electron chi connectivity index (χ4n) is 3.31. The van der Waals surface area contributed by atoms with Gasteiger partial charge in [0.2, 0.25) is 0 Å². The van der Waals surface area contributed by atoms with Crippen LogP contribution in [0.1, 0.15) is 96.8 Å². The Bertz CT molecular complexity index is 514. The Morgan fingerprint density at radius 2 is 1.13 bits per heavy atom. The molecule has 6 nitrogen and oxygen atoms in total. The molecule has 0 bridgehead atoms. The van der Waals surface area contributed by atoms with Crippen molar-refractivity contribution in [2.24, 2.45) is 0 Å². The van der Waals surface area contributed by atoms with Crippen LogP contribution in [-0.2, 0) is 23.9 Å². The Balaban J connectivity index is 4.68. The molecular weight excluding hydrogens is 384 g/mol. The van der Waals surface area contributed by atoms with Crippen LogP contribution >= 0.6 is 0 Å². The van der Waals surface area contributed by atoms with Gasteiger partial charge in [-0.05, 0) is 32.1 Å². The molecular formula is C24H40O6. The third-order valence-electron chi connectivity index (χ3n) is 5.00. The van der Waals surface area contributed by atoms with Crippen LogP contribution in [0.2, 0.25) is 0 Å². The smallest absolute Gasteiger partial charge is 0.330 e. The quantitative estimate of drug-likeness (QED) is 0.152. The lowest BCUT2D eigenvalue weighted by Crippen LogP contribution is -2.35. The van der Waals surface area contributed by atoms with E-state index in [-0.39, 0.29) is 6.42 Å². The highest BCUT2D eigenvalue weighted by Crippen LogP contribution is 2.21. The second-order valence-corrected chi connectivity index (χ2v) is 7.62. The van der Waals surface area contributed by atoms with Crippen molar-refractivity contribution in [1.29, 1.82) is 0 Å². The zero-order valence-corrected chi connectivity index (χ0v) is 18.6. The summed E-state index contributed by atoms with van der Waals surface area (Å²) in [6.07, 6.45) is 13.5. The van der Waals surface area contributed by atoms with Gasteiger partial charge in [-0.15, -0.1) is 0 Å². The first-order valence-corrected chi connectivity index (χ1v) is 11.3. The average molecular weight is 425 g/mol. The van der Waals surface area contributed by atoms with E-state index in [9.17, 15) is 14.4 Å². The molecule has 0 saturated carbocycles. The number of carbonyl (C=O) groups excluding carboxylic acids is 2. The van der Waals surface area contributed by atoms with Gasteiger partial charge in [0.25, 0.3) is 0 Å².